The first-order chi connectivity index (χ1) is 10.1. The Kier molecular flexibility index (Phi) is 3.47. The van der Waals surface area contributed by atoms with Crippen molar-refractivity contribution in [2.24, 2.45) is 5.92 Å². The van der Waals surface area contributed by atoms with Crippen molar-refractivity contribution in [3.05, 3.63) is 29.8 Å². The fraction of sp³-hybridized carbons (Fsp3) is 0.529. The lowest BCUT2D eigenvalue weighted by atomic mass is 9.58. The molecule has 1 aromatic carbocycles. The average molecular weight is 287 g/mol. The fourth-order valence-electron chi connectivity index (χ4n) is 3.89. The number of hydrogen-bond donors (Lipinski definition) is 0. The van der Waals surface area contributed by atoms with Crippen molar-refractivity contribution in [1.29, 1.82) is 0 Å². The van der Waals surface area contributed by atoms with Crippen molar-refractivity contribution >= 4 is 11.7 Å². The van der Waals surface area contributed by atoms with Crippen LogP contribution in [0.2, 0.25) is 0 Å². The maximum atomic E-state index is 12.6. The Morgan fingerprint density at radius 1 is 1.33 bits per heavy atom. The first-order valence-electron chi connectivity index (χ1n) is 7.48. The molecular formula is C17H21NO3. The highest BCUT2D eigenvalue weighted by Gasteiger charge is 2.51. The standard InChI is InChI=1S/C17H21NO3/c1-18-9-8-17(12-4-3-5-14(10-12)21-2)11-13(19)6-7-15(17)16(18)20/h3-5,10,15H,6-9,11H2,1-2H3. The molecule has 1 amide bonds. The number of likely N-dealkylation sites (tertiary alicyclic amines) is 1. The molecular weight excluding hydrogens is 266 g/mol. The topological polar surface area (TPSA) is 46.6 Å². The van der Waals surface area contributed by atoms with Crippen molar-refractivity contribution < 1.29 is 14.3 Å². The van der Waals surface area contributed by atoms with Crippen molar-refractivity contribution in [2.75, 3.05) is 20.7 Å². The van der Waals surface area contributed by atoms with Crippen LogP contribution >= 0.6 is 0 Å². The number of benzene rings is 1. The summed E-state index contributed by atoms with van der Waals surface area (Å²) in [4.78, 5) is 26.5. The van der Waals surface area contributed by atoms with E-state index in [1.165, 1.54) is 0 Å². The first-order valence-corrected chi connectivity index (χ1v) is 7.48. The maximum absolute atomic E-state index is 12.6. The minimum Gasteiger partial charge on any atom is -0.497 e. The molecule has 1 saturated heterocycles. The number of ketones is 1. The number of hydrogen-bond acceptors (Lipinski definition) is 3. The molecule has 1 aliphatic heterocycles. The van der Waals surface area contributed by atoms with E-state index in [-0.39, 0.29) is 23.0 Å². The largest absolute Gasteiger partial charge is 0.497 e. The van der Waals surface area contributed by atoms with E-state index in [4.69, 9.17) is 4.74 Å². The molecule has 0 radical (unpaired) electrons. The molecule has 0 bridgehead atoms. The number of fused-ring (bicyclic) bond motifs is 1. The Hall–Kier alpha value is -1.84. The normalized spacial score (nSPS) is 29.2. The van der Waals surface area contributed by atoms with Gasteiger partial charge in [0.15, 0.2) is 0 Å². The minimum atomic E-state index is -0.340. The number of carbonyl (C=O) groups is 2. The number of rotatable bonds is 2. The molecule has 2 unspecified atom stereocenters. The molecule has 3 rings (SSSR count). The molecule has 2 aliphatic rings. The van der Waals surface area contributed by atoms with E-state index in [0.29, 0.717) is 25.8 Å². The van der Waals surface area contributed by atoms with Gasteiger partial charge in [-0.3, -0.25) is 9.59 Å². The van der Waals surface area contributed by atoms with Gasteiger partial charge in [-0.15, -0.1) is 0 Å². The van der Waals surface area contributed by atoms with Gasteiger partial charge in [-0.25, -0.2) is 0 Å². The van der Waals surface area contributed by atoms with Crippen molar-refractivity contribution in [3.63, 3.8) is 0 Å². The number of Topliss-reactive ketones (excluding diaryl/α,β-unsaturated/α-hetero) is 1. The third kappa shape index (κ3) is 2.23. The van der Waals surface area contributed by atoms with Crippen LogP contribution in [-0.4, -0.2) is 37.3 Å². The summed E-state index contributed by atoms with van der Waals surface area (Å²) in [6.45, 7) is 0.708. The van der Waals surface area contributed by atoms with Crippen LogP contribution < -0.4 is 4.74 Å². The van der Waals surface area contributed by atoms with Gasteiger partial charge < -0.3 is 9.64 Å². The molecule has 2 atom stereocenters. The number of amides is 1. The van der Waals surface area contributed by atoms with E-state index in [0.717, 1.165) is 17.7 Å². The lowest BCUT2D eigenvalue weighted by molar-refractivity contribution is -0.145. The van der Waals surface area contributed by atoms with Gasteiger partial charge in [0.05, 0.1) is 7.11 Å². The van der Waals surface area contributed by atoms with Crippen LogP contribution in [0.4, 0.5) is 0 Å². The maximum Gasteiger partial charge on any atom is 0.226 e. The molecule has 4 nitrogen and oxygen atoms in total. The summed E-state index contributed by atoms with van der Waals surface area (Å²) < 4.78 is 5.32. The van der Waals surface area contributed by atoms with Gasteiger partial charge >= 0.3 is 0 Å². The Labute approximate surface area is 125 Å². The van der Waals surface area contributed by atoms with Crippen LogP contribution in [0, 0.1) is 5.92 Å². The molecule has 1 saturated carbocycles. The number of piperidine rings is 1. The molecule has 4 heteroatoms. The van der Waals surface area contributed by atoms with E-state index in [2.05, 4.69) is 0 Å². The summed E-state index contributed by atoms with van der Waals surface area (Å²) in [7, 11) is 3.49. The van der Waals surface area contributed by atoms with E-state index in [1.807, 2.05) is 31.3 Å². The minimum absolute atomic E-state index is 0.0824. The highest BCUT2D eigenvalue weighted by Crippen LogP contribution is 2.48. The van der Waals surface area contributed by atoms with Gasteiger partial charge in [-0.05, 0) is 30.5 Å². The summed E-state index contributed by atoms with van der Waals surface area (Å²) in [6, 6.07) is 7.87. The zero-order valence-electron chi connectivity index (χ0n) is 12.6. The quantitative estimate of drug-likeness (QED) is 0.837. The number of carbonyl (C=O) groups excluding carboxylic acids is 2. The van der Waals surface area contributed by atoms with Crippen molar-refractivity contribution in [2.45, 2.75) is 31.1 Å². The molecule has 1 aromatic rings. The number of methoxy groups -OCH3 is 1. The summed E-state index contributed by atoms with van der Waals surface area (Å²) in [5.74, 6) is 1.15. The Morgan fingerprint density at radius 2 is 2.14 bits per heavy atom. The van der Waals surface area contributed by atoms with Crippen LogP contribution in [0.25, 0.3) is 0 Å². The van der Waals surface area contributed by atoms with Gasteiger partial charge in [0, 0.05) is 37.8 Å². The first kappa shape index (κ1) is 14.1. The summed E-state index contributed by atoms with van der Waals surface area (Å²) in [6.07, 6.45) is 2.51. The SMILES string of the molecule is COc1cccc(C23CCN(C)C(=O)C2CCC(=O)C3)c1. The predicted molar refractivity (Wildman–Crippen MR) is 79.3 cm³/mol. The second-order valence-electron chi connectivity index (χ2n) is 6.20. The summed E-state index contributed by atoms with van der Waals surface area (Å²) in [5.41, 5.74) is 0.731. The van der Waals surface area contributed by atoms with Gasteiger partial charge in [0.25, 0.3) is 0 Å². The predicted octanol–water partition coefficient (Wildman–Crippen LogP) is 2.16. The summed E-state index contributed by atoms with van der Waals surface area (Å²) in [5, 5.41) is 0. The van der Waals surface area contributed by atoms with Crippen molar-refractivity contribution in [1.82, 2.24) is 4.90 Å². The lowest BCUT2D eigenvalue weighted by Crippen LogP contribution is -2.55. The van der Waals surface area contributed by atoms with Crippen LogP contribution in [-0.2, 0) is 15.0 Å². The molecule has 0 spiro atoms. The van der Waals surface area contributed by atoms with Gasteiger partial charge in [-0.1, -0.05) is 12.1 Å². The molecule has 112 valence electrons. The smallest absolute Gasteiger partial charge is 0.226 e. The lowest BCUT2D eigenvalue weighted by Gasteiger charge is -2.48. The Morgan fingerprint density at radius 3 is 2.90 bits per heavy atom. The third-order valence-corrected chi connectivity index (χ3v) is 5.10. The zero-order chi connectivity index (χ0) is 15.0. The van der Waals surface area contributed by atoms with Gasteiger partial charge in [-0.2, -0.15) is 0 Å². The van der Waals surface area contributed by atoms with Gasteiger partial charge in [0.1, 0.15) is 11.5 Å². The number of nitrogens with zero attached hydrogens (tertiary/aromatic N) is 1. The molecule has 0 aromatic heterocycles. The summed E-state index contributed by atoms with van der Waals surface area (Å²) >= 11 is 0. The molecule has 2 fully saturated rings. The van der Waals surface area contributed by atoms with Crippen LogP contribution in [0.1, 0.15) is 31.2 Å². The third-order valence-electron chi connectivity index (χ3n) is 5.10. The van der Waals surface area contributed by atoms with E-state index in [9.17, 15) is 9.59 Å². The molecule has 1 aliphatic carbocycles. The zero-order valence-corrected chi connectivity index (χ0v) is 12.6. The van der Waals surface area contributed by atoms with Crippen molar-refractivity contribution in [3.8, 4) is 5.75 Å². The molecule has 0 N–H and O–H groups in total. The second-order valence-corrected chi connectivity index (χ2v) is 6.20. The molecule has 1 heterocycles. The highest BCUT2D eigenvalue weighted by atomic mass is 16.5. The van der Waals surface area contributed by atoms with Crippen LogP contribution in [0.3, 0.4) is 0 Å². The van der Waals surface area contributed by atoms with E-state index >= 15 is 0 Å². The van der Waals surface area contributed by atoms with E-state index in [1.54, 1.807) is 12.0 Å². The highest BCUT2D eigenvalue weighted by molar-refractivity contribution is 5.88. The van der Waals surface area contributed by atoms with Gasteiger partial charge in [0.2, 0.25) is 5.91 Å². The van der Waals surface area contributed by atoms with Crippen LogP contribution in [0.5, 0.6) is 5.75 Å². The average Bonchev–Trinajstić information content (AvgIpc) is 2.51. The Bertz CT molecular complexity index is 583. The number of ether oxygens (including phenoxy) is 1. The second kappa shape index (κ2) is 5.17. The Balaban J connectivity index is 2.08. The molecule has 21 heavy (non-hydrogen) atoms. The van der Waals surface area contributed by atoms with Crippen LogP contribution in [0.15, 0.2) is 24.3 Å². The monoisotopic (exact) mass is 287 g/mol. The van der Waals surface area contributed by atoms with E-state index < -0.39 is 0 Å². The fourth-order valence-corrected chi connectivity index (χ4v) is 3.89.